The molecule has 10 heteroatoms. The normalized spacial score (nSPS) is 19.5. The Morgan fingerprint density at radius 2 is 2.16 bits per heavy atom. The van der Waals surface area contributed by atoms with Crippen molar-refractivity contribution >= 4 is 29.0 Å². The monoisotopic (exact) mass is 465 g/mol. The lowest BCUT2D eigenvalue weighted by Crippen LogP contribution is -2.24. The molecule has 2 aromatic heterocycles. The third kappa shape index (κ3) is 4.48. The number of benzene rings is 1. The van der Waals surface area contributed by atoms with Gasteiger partial charge < -0.3 is 20.9 Å². The number of hydrogen-bond donors (Lipinski definition) is 3. The quantitative estimate of drug-likeness (QED) is 0.475. The average Bonchev–Trinajstić information content (AvgIpc) is 3.42. The Morgan fingerprint density at radius 1 is 1.35 bits per heavy atom. The molecule has 3 heterocycles. The van der Waals surface area contributed by atoms with Gasteiger partial charge in [-0.1, -0.05) is 23.2 Å². The summed E-state index contributed by atoms with van der Waals surface area (Å²) in [6.45, 7) is 2.56. The molecule has 1 aliphatic heterocycles. The largest absolute Gasteiger partial charge is 0.482 e. The summed E-state index contributed by atoms with van der Waals surface area (Å²) >= 11 is 12.3. The van der Waals surface area contributed by atoms with Crippen LogP contribution >= 0.6 is 23.2 Å². The molecule has 31 heavy (non-hydrogen) atoms. The van der Waals surface area contributed by atoms with Gasteiger partial charge in [0.25, 0.3) is 0 Å². The van der Waals surface area contributed by atoms with Crippen LogP contribution in [0.15, 0.2) is 36.8 Å². The summed E-state index contributed by atoms with van der Waals surface area (Å²) in [6.07, 6.45) is 5.45. The van der Waals surface area contributed by atoms with Crippen molar-refractivity contribution in [2.24, 2.45) is 0 Å². The lowest BCUT2D eigenvalue weighted by molar-refractivity contribution is 0.227. The van der Waals surface area contributed by atoms with E-state index in [9.17, 15) is 9.50 Å². The fourth-order valence-corrected chi connectivity index (χ4v) is 4.38. The maximum Gasteiger partial charge on any atom is 0.166 e. The number of nitrogens with one attached hydrogen (secondary N) is 1. The number of pyridine rings is 1. The molecule has 0 amide bonds. The minimum Gasteiger partial charge on any atom is -0.482 e. The van der Waals surface area contributed by atoms with Crippen LogP contribution < -0.4 is 15.8 Å². The topological polar surface area (TPSA) is 98.2 Å². The van der Waals surface area contributed by atoms with Crippen LogP contribution in [0.5, 0.6) is 5.75 Å². The predicted molar refractivity (Wildman–Crippen MR) is 118 cm³/mol. The van der Waals surface area contributed by atoms with Crippen LogP contribution in [-0.2, 0) is 0 Å². The smallest absolute Gasteiger partial charge is 0.166 e. The van der Waals surface area contributed by atoms with Gasteiger partial charge in [0.05, 0.1) is 23.9 Å². The van der Waals surface area contributed by atoms with Crippen molar-refractivity contribution in [2.45, 2.75) is 31.5 Å². The van der Waals surface area contributed by atoms with Crippen molar-refractivity contribution < 1.29 is 14.2 Å². The van der Waals surface area contributed by atoms with E-state index in [0.29, 0.717) is 16.3 Å². The summed E-state index contributed by atoms with van der Waals surface area (Å²) in [7, 11) is 0. The van der Waals surface area contributed by atoms with Gasteiger partial charge in [-0.25, -0.2) is 9.37 Å². The fourth-order valence-electron chi connectivity index (χ4n) is 3.70. The second-order valence-corrected chi connectivity index (χ2v) is 8.30. The van der Waals surface area contributed by atoms with E-state index in [2.05, 4.69) is 15.4 Å². The van der Waals surface area contributed by atoms with Gasteiger partial charge >= 0.3 is 0 Å². The molecule has 0 radical (unpaired) electrons. The number of ether oxygens (including phenoxy) is 1. The van der Waals surface area contributed by atoms with Gasteiger partial charge in [0.15, 0.2) is 11.6 Å². The third-order valence-electron chi connectivity index (χ3n) is 5.40. The number of nitrogen functional groups attached to an aromatic ring is 1. The molecule has 3 unspecified atom stereocenters. The molecule has 7 nitrogen and oxygen atoms in total. The van der Waals surface area contributed by atoms with Crippen molar-refractivity contribution in [3.63, 3.8) is 0 Å². The molecule has 3 aromatic rings. The highest BCUT2D eigenvalue weighted by atomic mass is 35.5. The molecule has 3 atom stereocenters. The molecule has 1 aromatic carbocycles. The molecule has 1 fully saturated rings. The van der Waals surface area contributed by atoms with Crippen LogP contribution in [0.2, 0.25) is 10.0 Å². The Balaban J connectivity index is 1.57. The second-order valence-electron chi connectivity index (χ2n) is 7.51. The Morgan fingerprint density at radius 3 is 2.90 bits per heavy atom. The van der Waals surface area contributed by atoms with E-state index in [1.54, 1.807) is 25.4 Å². The SMILES string of the molecule is CC(Oc1cc(-c2cnn(C3CNC(CO)C3)c2)cnc1N)c1c(Cl)ccc(F)c1Cl. The highest BCUT2D eigenvalue weighted by Crippen LogP contribution is 2.37. The first-order chi connectivity index (χ1) is 14.9. The first-order valence-corrected chi connectivity index (χ1v) is 10.6. The van der Waals surface area contributed by atoms with E-state index < -0.39 is 11.9 Å². The number of aromatic nitrogens is 3. The van der Waals surface area contributed by atoms with Crippen LogP contribution in [0.1, 0.15) is 31.1 Å². The van der Waals surface area contributed by atoms with Crippen molar-refractivity contribution in [1.82, 2.24) is 20.1 Å². The predicted octanol–water partition coefficient (Wildman–Crippen LogP) is 4.01. The molecule has 164 valence electrons. The van der Waals surface area contributed by atoms with Crippen LogP contribution in [0, 0.1) is 5.82 Å². The second kappa shape index (κ2) is 9.00. The maximum absolute atomic E-state index is 13.9. The van der Waals surface area contributed by atoms with Gasteiger partial charge in [-0.15, -0.1) is 0 Å². The highest BCUT2D eigenvalue weighted by molar-refractivity contribution is 6.36. The number of nitrogens with zero attached hydrogens (tertiary/aromatic N) is 3. The van der Waals surface area contributed by atoms with Crippen molar-refractivity contribution in [1.29, 1.82) is 0 Å². The Labute approximate surface area is 188 Å². The molecule has 1 aliphatic rings. The zero-order chi connectivity index (χ0) is 22.1. The number of aliphatic hydroxyl groups is 1. The zero-order valence-electron chi connectivity index (χ0n) is 16.7. The molecule has 4 rings (SSSR count). The van der Waals surface area contributed by atoms with E-state index in [1.807, 2.05) is 10.9 Å². The van der Waals surface area contributed by atoms with Crippen molar-refractivity contribution in [3.8, 4) is 16.9 Å². The van der Waals surface area contributed by atoms with E-state index >= 15 is 0 Å². The number of anilines is 1. The van der Waals surface area contributed by atoms with Crippen LogP contribution in [-0.4, -0.2) is 39.1 Å². The first kappa shape index (κ1) is 21.8. The molecule has 0 saturated carbocycles. The number of rotatable bonds is 6. The summed E-state index contributed by atoms with van der Waals surface area (Å²) in [5, 5.41) is 17.2. The van der Waals surface area contributed by atoms with Crippen molar-refractivity contribution in [2.75, 3.05) is 18.9 Å². The summed E-state index contributed by atoms with van der Waals surface area (Å²) < 4.78 is 21.7. The summed E-state index contributed by atoms with van der Waals surface area (Å²) in [5.41, 5.74) is 7.96. The van der Waals surface area contributed by atoms with E-state index in [0.717, 1.165) is 24.1 Å². The third-order valence-corrected chi connectivity index (χ3v) is 6.11. The molecule has 0 bridgehead atoms. The van der Waals surface area contributed by atoms with Gasteiger partial charge in [0, 0.05) is 46.7 Å². The van der Waals surface area contributed by atoms with E-state index in [4.69, 9.17) is 33.7 Å². The maximum atomic E-state index is 13.9. The minimum absolute atomic E-state index is 0.0822. The minimum atomic E-state index is -0.655. The average molecular weight is 466 g/mol. The number of hydrogen-bond acceptors (Lipinski definition) is 6. The van der Waals surface area contributed by atoms with Crippen LogP contribution in [0.3, 0.4) is 0 Å². The van der Waals surface area contributed by atoms with E-state index in [-0.39, 0.29) is 29.5 Å². The summed E-state index contributed by atoms with van der Waals surface area (Å²) in [6, 6.07) is 4.64. The summed E-state index contributed by atoms with van der Waals surface area (Å²) in [4.78, 5) is 4.23. The molecule has 1 saturated heterocycles. The molecular weight excluding hydrogens is 444 g/mol. The molecule has 0 spiro atoms. The fraction of sp³-hybridized carbons (Fsp3) is 0.333. The van der Waals surface area contributed by atoms with Gasteiger partial charge in [-0.2, -0.15) is 5.10 Å². The number of halogens is 3. The Kier molecular flexibility index (Phi) is 6.34. The van der Waals surface area contributed by atoms with Gasteiger partial charge in [-0.3, -0.25) is 4.68 Å². The number of aliphatic hydroxyl groups excluding tert-OH is 1. The highest BCUT2D eigenvalue weighted by Gasteiger charge is 2.25. The zero-order valence-corrected chi connectivity index (χ0v) is 18.2. The van der Waals surface area contributed by atoms with Crippen LogP contribution in [0.25, 0.3) is 11.1 Å². The molecular formula is C21H22Cl2FN5O2. The van der Waals surface area contributed by atoms with Gasteiger partial charge in [-0.05, 0) is 31.5 Å². The van der Waals surface area contributed by atoms with Gasteiger partial charge in [0.2, 0.25) is 0 Å². The first-order valence-electron chi connectivity index (χ1n) is 9.81. The van der Waals surface area contributed by atoms with Crippen molar-refractivity contribution in [3.05, 3.63) is 58.2 Å². The molecule has 0 aliphatic carbocycles. The standard InChI is InChI=1S/C21H22Cl2FN5O2/c1-11(19-16(22)2-3-17(24)20(19)23)31-18-4-12(6-27-21(18)25)13-7-28-29(9-13)15-5-14(10-30)26-8-15/h2-4,6-7,9,11,14-15,26,30H,5,8,10H2,1H3,(H2,25,27). The van der Waals surface area contributed by atoms with E-state index in [1.165, 1.54) is 12.1 Å². The lowest BCUT2D eigenvalue weighted by atomic mass is 10.1. The Bertz CT molecular complexity index is 1090. The molecule has 4 N–H and O–H groups in total. The number of nitrogens with two attached hydrogens (primary N) is 1. The van der Waals surface area contributed by atoms with Crippen LogP contribution in [0.4, 0.5) is 10.2 Å². The lowest BCUT2D eigenvalue weighted by Gasteiger charge is -2.19. The Hall–Kier alpha value is -2.39. The summed E-state index contributed by atoms with van der Waals surface area (Å²) in [5.74, 6) is -0.0527. The van der Waals surface area contributed by atoms with Gasteiger partial charge in [0.1, 0.15) is 11.9 Å².